The Kier molecular flexibility index (Phi) is 5.49. The fourth-order valence-electron chi connectivity index (χ4n) is 4.46. The molecule has 33 heavy (non-hydrogen) atoms. The van der Waals surface area contributed by atoms with Gasteiger partial charge in [-0.05, 0) is 50.3 Å². The van der Waals surface area contributed by atoms with Crippen molar-refractivity contribution in [3.63, 3.8) is 0 Å². The molecule has 0 radical (unpaired) electrons. The Morgan fingerprint density at radius 1 is 1.12 bits per heavy atom. The van der Waals surface area contributed by atoms with Gasteiger partial charge in [-0.15, -0.1) is 11.8 Å². The van der Waals surface area contributed by atoms with Crippen molar-refractivity contribution in [1.82, 2.24) is 29.4 Å². The summed E-state index contributed by atoms with van der Waals surface area (Å²) in [6.07, 6.45) is 6.85. The van der Waals surface area contributed by atoms with Crippen LogP contribution in [0.1, 0.15) is 25.8 Å². The van der Waals surface area contributed by atoms with Crippen molar-refractivity contribution in [2.24, 2.45) is 0 Å². The molecule has 0 spiro atoms. The number of hydrogen-bond donors (Lipinski definition) is 1. The van der Waals surface area contributed by atoms with E-state index in [-0.39, 0.29) is 6.04 Å². The largest absolute Gasteiger partial charge is 0.375 e. The molecule has 0 amide bonds. The number of thioether (sulfide) groups is 1. The molecule has 0 aromatic carbocycles. The first kappa shape index (κ1) is 21.4. The minimum Gasteiger partial charge on any atom is -0.375 e. The number of piperidine rings is 1. The first-order valence-electron chi connectivity index (χ1n) is 10.8. The van der Waals surface area contributed by atoms with Crippen LogP contribution in [0.5, 0.6) is 0 Å². The van der Waals surface area contributed by atoms with Gasteiger partial charge in [-0.25, -0.2) is 14.8 Å². The predicted octanol–water partition coefficient (Wildman–Crippen LogP) is 3.59. The van der Waals surface area contributed by atoms with Crippen LogP contribution in [0.2, 0.25) is 0 Å². The van der Waals surface area contributed by atoms with Gasteiger partial charge in [0.15, 0.2) is 0 Å². The van der Waals surface area contributed by atoms with Gasteiger partial charge in [-0.1, -0.05) is 6.58 Å². The smallest absolute Gasteiger partial charge is 0.329 e. The number of H-pyrrole nitrogens is 1. The highest BCUT2D eigenvalue weighted by Gasteiger charge is 2.25. The summed E-state index contributed by atoms with van der Waals surface area (Å²) < 4.78 is 1.71. The molecule has 0 atom stereocenters. The Balaban J connectivity index is 1.71. The van der Waals surface area contributed by atoms with Crippen molar-refractivity contribution < 1.29 is 0 Å². The van der Waals surface area contributed by atoms with Gasteiger partial charge in [0.05, 0.1) is 27.1 Å². The molecule has 1 aliphatic heterocycles. The third-order valence-electron chi connectivity index (χ3n) is 6.22. The minimum atomic E-state index is -0.446. The lowest BCUT2D eigenvalue weighted by molar-refractivity contribution is 0.228. The van der Waals surface area contributed by atoms with Gasteiger partial charge in [-0.2, -0.15) is 0 Å². The van der Waals surface area contributed by atoms with Crippen LogP contribution < -0.4 is 11.2 Å². The molecule has 5 rings (SSSR count). The number of likely N-dealkylation sites (tertiary alicyclic amines) is 1. The monoisotopic (exact) mass is 460 g/mol. The fourth-order valence-corrected chi connectivity index (χ4v) is 4.82. The van der Waals surface area contributed by atoms with Crippen molar-refractivity contribution in [3.05, 3.63) is 69.8 Å². The number of allylic oxidation sites excluding steroid dienone is 1. The second-order valence-electron chi connectivity index (χ2n) is 8.26. The van der Waals surface area contributed by atoms with Gasteiger partial charge in [0.2, 0.25) is 0 Å². The molecule has 1 saturated heterocycles. The lowest BCUT2D eigenvalue weighted by atomic mass is 10.0. The van der Waals surface area contributed by atoms with Crippen LogP contribution in [-0.2, 0) is 0 Å². The Morgan fingerprint density at radius 3 is 2.58 bits per heavy atom. The molecule has 1 aliphatic rings. The topological polar surface area (TPSA) is 96.8 Å². The zero-order valence-corrected chi connectivity index (χ0v) is 19.4. The predicted molar refractivity (Wildman–Crippen MR) is 132 cm³/mol. The number of aromatic nitrogens is 5. The molecule has 8 nitrogen and oxygen atoms in total. The molecule has 0 aliphatic carbocycles. The molecule has 0 bridgehead atoms. The number of nitrogens with zero attached hydrogens (tertiary/aromatic N) is 5. The number of hydrogen-bond acceptors (Lipinski definition) is 7. The van der Waals surface area contributed by atoms with Crippen LogP contribution >= 0.6 is 11.8 Å². The highest BCUT2D eigenvalue weighted by molar-refractivity contribution is 7.98. The van der Waals surface area contributed by atoms with E-state index >= 15 is 0 Å². The Bertz CT molecular complexity index is 1480. The number of nitrogens with one attached hydrogen (secondary N) is 1. The van der Waals surface area contributed by atoms with Gasteiger partial charge < -0.3 is 4.90 Å². The summed E-state index contributed by atoms with van der Waals surface area (Å²) in [4.78, 5) is 44.2. The second-order valence-corrected chi connectivity index (χ2v) is 9.08. The van der Waals surface area contributed by atoms with Crippen molar-refractivity contribution in [2.45, 2.75) is 30.8 Å². The summed E-state index contributed by atoms with van der Waals surface area (Å²) in [5.74, 6) is 0. The van der Waals surface area contributed by atoms with Crippen LogP contribution in [0.15, 0.2) is 63.6 Å². The lowest BCUT2D eigenvalue weighted by Crippen LogP contribution is -2.39. The SMILES string of the molecule is C=C(C)N1CCC(n2c(=O)[nH]c(=O)c3cnc4ccc(-c5ccc(SC)nc5)nc4c32)CC1. The maximum Gasteiger partial charge on any atom is 0.329 e. The normalized spacial score (nSPS) is 14.8. The fraction of sp³-hybridized carbons (Fsp3) is 0.292. The van der Waals surface area contributed by atoms with E-state index in [1.165, 1.54) is 6.20 Å². The van der Waals surface area contributed by atoms with E-state index in [1.807, 2.05) is 37.4 Å². The third kappa shape index (κ3) is 3.82. The zero-order chi connectivity index (χ0) is 23.1. The number of aromatic amines is 1. The summed E-state index contributed by atoms with van der Waals surface area (Å²) in [5, 5.41) is 1.29. The number of pyridine rings is 3. The molecule has 4 aromatic rings. The molecule has 168 valence electrons. The van der Waals surface area contributed by atoms with Crippen molar-refractivity contribution in [3.8, 4) is 11.3 Å². The van der Waals surface area contributed by atoms with Crippen LogP contribution in [-0.4, -0.2) is 48.7 Å². The summed E-state index contributed by atoms with van der Waals surface area (Å²) in [6.45, 7) is 7.64. The molecule has 1 fully saturated rings. The van der Waals surface area contributed by atoms with E-state index < -0.39 is 11.2 Å². The maximum absolute atomic E-state index is 13.1. The van der Waals surface area contributed by atoms with E-state index in [4.69, 9.17) is 4.98 Å². The third-order valence-corrected chi connectivity index (χ3v) is 6.88. The molecule has 9 heteroatoms. The first-order valence-corrected chi connectivity index (χ1v) is 12.0. The summed E-state index contributed by atoms with van der Waals surface area (Å²) in [5.41, 5.74) is 3.47. The molecule has 1 N–H and O–H groups in total. The van der Waals surface area contributed by atoms with Crippen LogP contribution in [0.4, 0.5) is 0 Å². The average molecular weight is 461 g/mol. The molecule has 0 saturated carbocycles. The molecule has 4 aromatic heterocycles. The molecule has 0 unspecified atom stereocenters. The molecular weight excluding hydrogens is 436 g/mol. The molecular formula is C24H24N6O2S. The molecule has 5 heterocycles. The van der Waals surface area contributed by atoms with Gasteiger partial charge in [0, 0.05) is 42.8 Å². The van der Waals surface area contributed by atoms with Crippen molar-refractivity contribution >= 4 is 33.7 Å². The Hall–Kier alpha value is -3.46. The van der Waals surface area contributed by atoms with E-state index in [0.29, 0.717) is 27.6 Å². The highest BCUT2D eigenvalue weighted by Crippen LogP contribution is 2.29. The number of rotatable bonds is 4. The van der Waals surface area contributed by atoms with Crippen molar-refractivity contribution in [1.29, 1.82) is 0 Å². The standard InChI is InChI=1S/C24H24N6O2S/c1-14(2)29-10-8-16(9-11-29)30-22-17(23(31)28-24(30)32)13-25-19-6-5-18(27-21(19)22)15-4-7-20(33-3)26-12-15/h4-7,12-13,16H,1,8-11H2,2-3H3,(H,28,31,32). The van der Waals surface area contributed by atoms with E-state index in [9.17, 15) is 9.59 Å². The van der Waals surface area contributed by atoms with Crippen LogP contribution in [0.3, 0.4) is 0 Å². The van der Waals surface area contributed by atoms with Crippen molar-refractivity contribution in [2.75, 3.05) is 19.3 Å². The average Bonchev–Trinajstić information content (AvgIpc) is 2.84. The maximum atomic E-state index is 13.1. The summed E-state index contributed by atoms with van der Waals surface area (Å²) in [6, 6.07) is 7.63. The highest BCUT2D eigenvalue weighted by atomic mass is 32.2. The van der Waals surface area contributed by atoms with Gasteiger partial charge in [0.25, 0.3) is 5.56 Å². The lowest BCUT2D eigenvalue weighted by Gasteiger charge is -2.34. The van der Waals surface area contributed by atoms with Gasteiger partial charge >= 0.3 is 5.69 Å². The van der Waals surface area contributed by atoms with Gasteiger partial charge in [0.1, 0.15) is 5.52 Å². The van der Waals surface area contributed by atoms with E-state index in [0.717, 1.165) is 42.2 Å². The second kappa shape index (κ2) is 8.47. The van der Waals surface area contributed by atoms with Crippen LogP contribution in [0, 0.1) is 0 Å². The van der Waals surface area contributed by atoms with Crippen LogP contribution in [0.25, 0.3) is 33.2 Å². The summed E-state index contributed by atoms with van der Waals surface area (Å²) in [7, 11) is 0. The Labute approximate surface area is 194 Å². The van der Waals surface area contributed by atoms with E-state index in [1.54, 1.807) is 22.5 Å². The zero-order valence-electron chi connectivity index (χ0n) is 18.5. The van der Waals surface area contributed by atoms with E-state index in [2.05, 4.69) is 26.4 Å². The Morgan fingerprint density at radius 2 is 1.91 bits per heavy atom. The van der Waals surface area contributed by atoms with Gasteiger partial charge in [-0.3, -0.25) is 19.3 Å². The summed E-state index contributed by atoms with van der Waals surface area (Å²) >= 11 is 1.57. The quantitative estimate of drug-likeness (QED) is 0.367. The minimum absolute atomic E-state index is 0.0500. The number of fused-ring (bicyclic) bond motifs is 3. The first-order chi connectivity index (χ1) is 16.0.